The summed E-state index contributed by atoms with van der Waals surface area (Å²) in [6.45, 7) is 1.17. The molecule has 3 heterocycles. The van der Waals surface area contributed by atoms with E-state index in [9.17, 15) is 13.2 Å². The first-order valence-corrected chi connectivity index (χ1v) is 8.11. The Bertz CT molecular complexity index is 1010. The van der Waals surface area contributed by atoms with Crippen molar-refractivity contribution in [2.45, 2.75) is 18.0 Å². The van der Waals surface area contributed by atoms with E-state index in [2.05, 4.69) is 9.97 Å². The van der Waals surface area contributed by atoms with Crippen molar-refractivity contribution in [2.75, 3.05) is 6.54 Å². The Morgan fingerprint density at radius 1 is 1.27 bits per heavy atom. The Kier molecular flexibility index (Phi) is 2.75. The van der Waals surface area contributed by atoms with E-state index >= 15 is 0 Å². The Morgan fingerprint density at radius 2 is 2.14 bits per heavy atom. The molecule has 0 fully saturated rings. The van der Waals surface area contributed by atoms with Crippen LogP contribution in [0.1, 0.15) is 5.82 Å². The molecule has 0 atom stereocenters. The molecule has 9 heteroatoms. The van der Waals surface area contributed by atoms with Crippen LogP contribution in [0.25, 0.3) is 11.1 Å². The monoisotopic (exact) mass is 320 g/mol. The van der Waals surface area contributed by atoms with Crippen molar-refractivity contribution >= 4 is 21.1 Å². The number of rotatable bonds is 2. The largest absolute Gasteiger partial charge is 0.417 e. The van der Waals surface area contributed by atoms with Crippen LogP contribution >= 0.6 is 0 Å². The average molecular weight is 320 g/mol. The number of benzene rings is 1. The molecule has 0 spiro atoms. The van der Waals surface area contributed by atoms with Crippen LogP contribution in [0, 0.1) is 0 Å². The van der Waals surface area contributed by atoms with Crippen LogP contribution in [0.4, 0.5) is 0 Å². The third-order valence-corrected chi connectivity index (χ3v) is 5.58. The third kappa shape index (κ3) is 1.97. The van der Waals surface area contributed by atoms with Gasteiger partial charge in [0, 0.05) is 31.5 Å². The molecule has 2 aromatic heterocycles. The van der Waals surface area contributed by atoms with Gasteiger partial charge in [-0.25, -0.2) is 18.2 Å². The lowest BCUT2D eigenvalue weighted by atomic mass is 10.3. The predicted octanol–water partition coefficient (Wildman–Crippen LogP) is 0.522. The standard InChI is InChI=1S/C13H12N4O4S/c18-13-15-10-2-1-9(7-11(10)21-13)22(19,20)17-6-5-16-4-3-14-12(16)8-17/h1-4,7H,5-6,8H2,(H,15,18). The molecule has 0 aliphatic carbocycles. The summed E-state index contributed by atoms with van der Waals surface area (Å²) < 4.78 is 33.7. The van der Waals surface area contributed by atoms with Gasteiger partial charge in [-0.05, 0) is 12.1 Å². The highest BCUT2D eigenvalue weighted by Gasteiger charge is 2.29. The zero-order chi connectivity index (χ0) is 15.3. The van der Waals surface area contributed by atoms with E-state index in [1.807, 2.05) is 10.8 Å². The van der Waals surface area contributed by atoms with Gasteiger partial charge in [-0.15, -0.1) is 0 Å². The van der Waals surface area contributed by atoms with Crippen molar-refractivity contribution in [1.29, 1.82) is 0 Å². The maximum Gasteiger partial charge on any atom is 0.417 e. The van der Waals surface area contributed by atoms with Crippen molar-refractivity contribution in [3.8, 4) is 0 Å². The van der Waals surface area contributed by atoms with Gasteiger partial charge in [-0.3, -0.25) is 4.98 Å². The van der Waals surface area contributed by atoms with Crippen molar-refractivity contribution in [3.05, 3.63) is 47.0 Å². The lowest BCUT2D eigenvalue weighted by molar-refractivity contribution is 0.335. The summed E-state index contributed by atoms with van der Waals surface area (Å²) in [5.74, 6) is 0.105. The van der Waals surface area contributed by atoms with Gasteiger partial charge in [-0.2, -0.15) is 4.31 Å². The number of hydrogen-bond acceptors (Lipinski definition) is 5. The molecule has 8 nitrogen and oxygen atoms in total. The van der Waals surface area contributed by atoms with Gasteiger partial charge in [0.2, 0.25) is 10.0 Å². The number of fused-ring (bicyclic) bond motifs is 2. The second kappa shape index (κ2) is 4.55. The van der Waals surface area contributed by atoms with Gasteiger partial charge in [0.15, 0.2) is 5.58 Å². The van der Waals surface area contributed by atoms with Crippen LogP contribution in [0.2, 0.25) is 0 Å². The van der Waals surface area contributed by atoms with Crippen LogP contribution < -0.4 is 5.76 Å². The second-order valence-electron chi connectivity index (χ2n) is 5.05. The first-order chi connectivity index (χ1) is 10.5. The highest BCUT2D eigenvalue weighted by molar-refractivity contribution is 7.89. The predicted molar refractivity (Wildman–Crippen MR) is 76.7 cm³/mol. The Hall–Kier alpha value is -2.39. The number of hydrogen-bond donors (Lipinski definition) is 1. The molecule has 22 heavy (non-hydrogen) atoms. The highest BCUT2D eigenvalue weighted by atomic mass is 32.2. The van der Waals surface area contributed by atoms with Crippen molar-refractivity contribution in [1.82, 2.24) is 18.8 Å². The molecule has 0 unspecified atom stereocenters. The summed E-state index contributed by atoms with van der Waals surface area (Å²) in [5.41, 5.74) is 0.697. The minimum absolute atomic E-state index is 0.0998. The third-order valence-electron chi connectivity index (χ3n) is 3.74. The van der Waals surface area contributed by atoms with E-state index in [0.717, 1.165) is 0 Å². The lowest BCUT2D eigenvalue weighted by Crippen LogP contribution is -2.38. The topological polar surface area (TPSA) is 101 Å². The average Bonchev–Trinajstić information content (AvgIpc) is 3.09. The molecule has 0 radical (unpaired) electrons. The fraction of sp³-hybridized carbons (Fsp3) is 0.231. The molecule has 4 rings (SSSR count). The first-order valence-electron chi connectivity index (χ1n) is 6.67. The van der Waals surface area contributed by atoms with Crippen LogP contribution in [-0.2, 0) is 23.1 Å². The Labute approximate surface area is 125 Å². The molecule has 0 amide bonds. The maximum atomic E-state index is 12.7. The van der Waals surface area contributed by atoms with Crippen LogP contribution in [-0.4, -0.2) is 33.8 Å². The van der Waals surface area contributed by atoms with E-state index < -0.39 is 15.8 Å². The SMILES string of the molecule is O=c1[nH]c2ccc(S(=O)(=O)N3CCn4ccnc4C3)cc2o1. The molecule has 0 saturated heterocycles. The molecular formula is C13H12N4O4S. The summed E-state index contributed by atoms with van der Waals surface area (Å²) in [7, 11) is -3.66. The number of nitrogens with one attached hydrogen (secondary N) is 1. The van der Waals surface area contributed by atoms with E-state index in [1.54, 1.807) is 6.20 Å². The lowest BCUT2D eigenvalue weighted by Gasteiger charge is -2.26. The molecular weight excluding hydrogens is 308 g/mol. The van der Waals surface area contributed by atoms with Gasteiger partial charge in [0.05, 0.1) is 17.0 Å². The zero-order valence-corrected chi connectivity index (χ0v) is 12.2. The summed E-state index contributed by atoms with van der Waals surface area (Å²) in [6, 6.07) is 4.35. The molecule has 0 bridgehead atoms. The van der Waals surface area contributed by atoms with Crippen molar-refractivity contribution in [3.63, 3.8) is 0 Å². The number of nitrogens with zero attached hydrogens (tertiary/aromatic N) is 3. The van der Waals surface area contributed by atoms with Crippen LogP contribution in [0.15, 0.2) is 44.7 Å². The number of aromatic nitrogens is 3. The van der Waals surface area contributed by atoms with Gasteiger partial charge in [0.1, 0.15) is 5.82 Å². The highest BCUT2D eigenvalue weighted by Crippen LogP contribution is 2.23. The molecule has 1 aliphatic heterocycles. The minimum Gasteiger partial charge on any atom is -0.408 e. The van der Waals surface area contributed by atoms with E-state index in [-0.39, 0.29) is 17.0 Å². The van der Waals surface area contributed by atoms with E-state index in [0.29, 0.717) is 24.4 Å². The number of aromatic amines is 1. The maximum absolute atomic E-state index is 12.7. The fourth-order valence-electron chi connectivity index (χ4n) is 2.59. The number of H-pyrrole nitrogens is 1. The van der Waals surface area contributed by atoms with Gasteiger partial charge < -0.3 is 8.98 Å². The summed E-state index contributed by atoms with van der Waals surface area (Å²) >= 11 is 0. The Morgan fingerprint density at radius 3 is 3.00 bits per heavy atom. The molecule has 0 saturated carbocycles. The Balaban J connectivity index is 1.74. The summed E-state index contributed by atoms with van der Waals surface area (Å²) in [5, 5.41) is 0. The molecule has 114 valence electrons. The van der Waals surface area contributed by atoms with Crippen LogP contribution in [0.3, 0.4) is 0 Å². The first kappa shape index (κ1) is 13.3. The van der Waals surface area contributed by atoms with Gasteiger partial charge in [-0.1, -0.05) is 0 Å². The second-order valence-corrected chi connectivity index (χ2v) is 6.99. The van der Waals surface area contributed by atoms with Crippen molar-refractivity contribution < 1.29 is 12.8 Å². The van der Waals surface area contributed by atoms with Gasteiger partial charge >= 0.3 is 5.76 Å². The molecule has 1 aliphatic rings. The molecule has 3 aromatic rings. The minimum atomic E-state index is -3.66. The smallest absolute Gasteiger partial charge is 0.408 e. The molecule has 1 N–H and O–H groups in total. The van der Waals surface area contributed by atoms with Crippen molar-refractivity contribution in [2.24, 2.45) is 0 Å². The fourth-order valence-corrected chi connectivity index (χ4v) is 3.99. The van der Waals surface area contributed by atoms with E-state index in [4.69, 9.17) is 4.42 Å². The summed E-state index contributed by atoms with van der Waals surface area (Å²) in [4.78, 5) is 17.9. The normalized spacial score (nSPS) is 16.0. The van der Waals surface area contributed by atoms with Gasteiger partial charge in [0.25, 0.3) is 0 Å². The number of imidazole rings is 1. The summed E-state index contributed by atoms with van der Waals surface area (Å²) in [6.07, 6.45) is 3.49. The quantitative estimate of drug-likeness (QED) is 0.742. The van der Waals surface area contributed by atoms with E-state index in [1.165, 1.54) is 22.5 Å². The molecule has 1 aromatic carbocycles. The zero-order valence-electron chi connectivity index (χ0n) is 11.4. The number of oxazole rings is 1. The number of sulfonamides is 1. The van der Waals surface area contributed by atoms with Crippen LogP contribution in [0.5, 0.6) is 0 Å².